The second kappa shape index (κ2) is 7.72. The first-order valence-corrected chi connectivity index (χ1v) is 6.23. The van der Waals surface area contributed by atoms with E-state index in [4.69, 9.17) is 4.74 Å². The van der Waals surface area contributed by atoms with Crippen molar-refractivity contribution in [1.29, 1.82) is 0 Å². The molecule has 0 aliphatic rings. The van der Waals surface area contributed by atoms with E-state index in [1.807, 2.05) is 30.5 Å². The molecule has 1 aromatic heterocycles. The van der Waals surface area contributed by atoms with Crippen molar-refractivity contribution >= 4 is 29.3 Å². The number of aromatic nitrogens is 1. The van der Waals surface area contributed by atoms with Crippen LogP contribution >= 0.6 is 12.4 Å². The van der Waals surface area contributed by atoms with Crippen LogP contribution in [0.5, 0.6) is 0 Å². The van der Waals surface area contributed by atoms with Crippen LogP contribution in [-0.4, -0.2) is 30.6 Å². The zero-order valence-electron chi connectivity index (χ0n) is 11.4. The molecule has 0 spiro atoms. The van der Waals surface area contributed by atoms with Crippen LogP contribution in [0, 0.1) is 0 Å². The molecular formula is C15H19ClN2O2. The summed E-state index contributed by atoms with van der Waals surface area (Å²) in [6.45, 7) is 4.22. The summed E-state index contributed by atoms with van der Waals surface area (Å²) in [5, 5.41) is 4.25. The lowest BCUT2D eigenvalue weighted by Gasteiger charge is -2.14. The van der Waals surface area contributed by atoms with Gasteiger partial charge in [-0.1, -0.05) is 24.3 Å². The third kappa shape index (κ3) is 3.62. The van der Waals surface area contributed by atoms with Crippen LogP contribution in [0.15, 0.2) is 43.1 Å². The topological polar surface area (TPSA) is 54.1 Å². The number of halogens is 1. The van der Waals surface area contributed by atoms with Crippen molar-refractivity contribution in [2.45, 2.75) is 12.5 Å². The monoisotopic (exact) mass is 294 g/mol. The molecule has 1 unspecified atom stereocenters. The summed E-state index contributed by atoms with van der Waals surface area (Å²) in [6, 6.07) is 7.68. The third-order valence-corrected chi connectivity index (χ3v) is 3.09. The predicted octanol–water partition coefficient (Wildman–Crippen LogP) is 2.45. The maximum absolute atomic E-state index is 11.8. The average molecular weight is 295 g/mol. The number of para-hydroxylation sites is 1. The summed E-state index contributed by atoms with van der Waals surface area (Å²) in [7, 11) is 1.40. The molecule has 5 heteroatoms. The van der Waals surface area contributed by atoms with Gasteiger partial charge < -0.3 is 15.0 Å². The van der Waals surface area contributed by atoms with Gasteiger partial charge in [-0.15, -0.1) is 19.0 Å². The number of esters is 1. The van der Waals surface area contributed by atoms with Gasteiger partial charge in [-0.2, -0.15) is 0 Å². The number of nitrogens with one attached hydrogen (secondary N) is 2. The number of hydrogen-bond donors (Lipinski definition) is 2. The summed E-state index contributed by atoms with van der Waals surface area (Å²) in [5.74, 6) is -0.257. The molecule has 0 saturated heterocycles. The van der Waals surface area contributed by atoms with Gasteiger partial charge in [0.25, 0.3) is 0 Å². The van der Waals surface area contributed by atoms with Crippen LogP contribution in [0.3, 0.4) is 0 Å². The molecule has 0 aliphatic heterocycles. The van der Waals surface area contributed by atoms with E-state index in [0.717, 1.165) is 16.5 Å². The van der Waals surface area contributed by atoms with E-state index in [2.05, 4.69) is 16.9 Å². The molecule has 0 fully saturated rings. The Labute approximate surface area is 124 Å². The van der Waals surface area contributed by atoms with E-state index in [-0.39, 0.29) is 24.4 Å². The minimum atomic E-state index is -0.359. The summed E-state index contributed by atoms with van der Waals surface area (Å²) in [6.07, 6.45) is 4.26. The molecule has 20 heavy (non-hydrogen) atoms. The molecule has 0 saturated carbocycles. The second-order valence-electron chi connectivity index (χ2n) is 4.34. The second-order valence-corrected chi connectivity index (χ2v) is 4.34. The van der Waals surface area contributed by atoms with Crippen molar-refractivity contribution in [1.82, 2.24) is 10.3 Å². The Balaban J connectivity index is 0.00000200. The van der Waals surface area contributed by atoms with E-state index < -0.39 is 0 Å². The Kier molecular flexibility index (Phi) is 6.28. The Morgan fingerprint density at radius 1 is 1.50 bits per heavy atom. The Hall–Kier alpha value is -1.78. The Morgan fingerprint density at radius 2 is 2.25 bits per heavy atom. The number of methoxy groups -OCH3 is 1. The SMILES string of the molecule is C=CCNC(Cc1c[nH]c2ccccc12)C(=O)OC.Cl. The summed E-state index contributed by atoms with van der Waals surface area (Å²) in [4.78, 5) is 15.0. The highest BCUT2D eigenvalue weighted by Gasteiger charge is 2.19. The summed E-state index contributed by atoms with van der Waals surface area (Å²) in [5.41, 5.74) is 2.17. The normalized spacial score (nSPS) is 11.7. The molecular weight excluding hydrogens is 276 g/mol. The Bertz CT molecular complexity index is 580. The minimum Gasteiger partial charge on any atom is -0.468 e. The zero-order chi connectivity index (χ0) is 13.7. The first-order valence-electron chi connectivity index (χ1n) is 6.23. The van der Waals surface area contributed by atoms with Crippen LogP contribution in [0.4, 0.5) is 0 Å². The van der Waals surface area contributed by atoms with Crippen LogP contribution in [0.1, 0.15) is 5.56 Å². The third-order valence-electron chi connectivity index (χ3n) is 3.09. The van der Waals surface area contributed by atoms with Crippen LogP contribution < -0.4 is 5.32 Å². The molecule has 2 N–H and O–H groups in total. The van der Waals surface area contributed by atoms with Gasteiger partial charge in [0, 0.05) is 30.1 Å². The van der Waals surface area contributed by atoms with Gasteiger partial charge in [0.1, 0.15) is 6.04 Å². The highest BCUT2D eigenvalue weighted by atomic mass is 35.5. The number of fused-ring (bicyclic) bond motifs is 1. The quantitative estimate of drug-likeness (QED) is 0.635. The molecule has 0 aliphatic carbocycles. The fraction of sp³-hybridized carbons (Fsp3) is 0.267. The zero-order valence-corrected chi connectivity index (χ0v) is 12.2. The molecule has 0 amide bonds. The number of hydrogen-bond acceptors (Lipinski definition) is 3. The van der Waals surface area contributed by atoms with Gasteiger partial charge in [0.2, 0.25) is 0 Å². The lowest BCUT2D eigenvalue weighted by atomic mass is 10.1. The fourth-order valence-corrected chi connectivity index (χ4v) is 2.13. The number of benzene rings is 1. The molecule has 1 heterocycles. The lowest BCUT2D eigenvalue weighted by molar-refractivity contribution is -0.143. The predicted molar refractivity (Wildman–Crippen MR) is 83.3 cm³/mol. The highest BCUT2D eigenvalue weighted by molar-refractivity contribution is 5.85. The maximum atomic E-state index is 11.8. The smallest absolute Gasteiger partial charge is 0.323 e. The molecule has 0 bridgehead atoms. The van der Waals surface area contributed by atoms with Crippen molar-refractivity contribution < 1.29 is 9.53 Å². The van der Waals surface area contributed by atoms with E-state index >= 15 is 0 Å². The number of H-pyrrole nitrogens is 1. The van der Waals surface area contributed by atoms with Crippen molar-refractivity contribution in [3.05, 3.63) is 48.7 Å². The van der Waals surface area contributed by atoms with Gasteiger partial charge >= 0.3 is 5.97 Å². The number of carbonyl (C=O) groups is 1. The van der Waals surface area contributed by atoms with Crippen LogP contribution in [-0.2, 0) is 16.0 Å². The molecule has 1 aromatic carbocycles. The molecule has 1 atom stereocenters. The summed E-state index contributed by atoms with van der Waals surface area (Å²) < 4.78 is 4.82. The first-order chi connectivity index (χ1) is 9.26. The standard InChI is InChI=1S/C15H18N2O2.ClH/c1-3-8-16-14(15(18)19-2)9-11-10-17-13-7-5-4-6-12(11)13;/h3-7,10,14,16-17H,1,8-9H2,2H3;1H. The van der Waals surface area contributed by atoms with Gasteiger partial charge in [-0.05, 0) is 11.6 Å². The van der Waals surface area contributed by atoms with E-state index in [9.17, 15) is 4.79 Å². The maximum Gasteiger partial charge on any atom is 0.323 e. The molecule has 0 radical (unpaired) electrons. The molecule has 2 aromatic rings. The van der Waals surface area contributed by atoms with Crippen LogP contribution in [0.25, 0.3) is 10.9 Å². The van der Waals surface area contributed by atoms with Gasteiger partial charge in [-0.3, -0.25) is 4.79 Å². The van der Waals surface area contributed by atoms with Gasteiger partial charge in [0.15, 0.2) is 0 Å². The number of rotatable bonds is 6. The fourth-order valence-electron chi connectivity index (χ4n) is 2.13. The van der Waals surface area contributed by atoms with Crippen LogP contribution in [0.2, 0.25) is 0 Å². The first kappa shape index (κ1) is 16.3. The molecule has 2 rings (SSSR count). The van der Waals surface area contributed by atoms with Gasteiger partial charge in [-0.25, -0.2) is 0 Å². The van der Waals surface area contributed by atoms with Crippen molar-refractivity contribution in [2.24, 2.45) is 0 Å². The van der Waals surface area contributed by atoms with Crippen molar-refractivity contribution in [3.8, 4) is 0 Å². The van der Waals surface area contributed by atoms with E-state index in [1.165, 1.54) is 7.11 Å². The van der Waals surface area contributed by atoms with Gasteiger partial charge in [0.05, 0.1) is 7.11 Å². The number of ether oxygens (including phenoxy) is 1. The lowest BCUT2D eigenvalue weighted by Crippen LogP contribution is -2.39. The largest absolute Gasteiger partial charge is 0.468 e. The molecule has 108 valence electrons. The highest BCUT2D eigenvalue weighted by Crippen LogP contribution is 2.19. The average Bonchev–Trinajstić information content (AvgIpc) is 2.86. The number of carbonyl (C=O) groups excluding carboxylic acids is 1. The van der Waals surface area contributed by atoms with Crippen molar-refractivity contribution in [3.63, 3.8) is 0 Å². The van der Waals surface area contributed by atoms with E-state index in [0.29, 0.717) is 13.0 Å². The number of aromatic amines is 1. The minimum absolute atomic E-state index is 0. The van der Waals surface area contributed by atoms with Crippen molar-refractivity contribution in [2.75, 3.05) is 13.7 Å². The summed E-state index contributed by atoms with van der Waals surface area (Å²) >= 11 is 0. The Morgan fingerprint density at radius 3 is 2.95 bits per heavy atom. The van der Waals surface area contributed by atoms with E-state index in [1.54, 1.807) is 6.08 Å². The molecule has 4 nitrogen and oxygen atoms in total.